The molecule has 0 spiro atoms. The number of benzene rings is 3. The quantitative estimate of drug-likeness (QED) is 0.575. The lowest BCUT2D eigenvalue weighted by Crippen LogP contribution is -2.18. The fourth-order valence-electron chi connectivity index (χ4n) is 3.07. The third-order valence-corrected chi connectivity index (χ3v) is 4.70. The van der Waals surface area contributed by atoms with Gasteiger partial charge in [0.15, 0.2) is 0 Å². The number of ether oxygens (including phenoxy) is 2. The minimum absolute atomic E-state index is 0.216. The van der Waals surface area contributed by atoms with Crippen molar-refractivity contribution in [1.82, 2.24) is 0 Å². The van der Waals surface area contributed by atoms with Crippen molar-refractivity contribution in [2.75, 3.05) is 0 Å². The number of nitrogens with zero attached hydrogens (tertiary/aromatic N) is 2. The average Bonchev–Trinajstić information content (AvgIpc) is 2.69. The highest BCUT2D eigenvalue weighted by atomic mass is 16.5. The summed E-state index contributed by atoms with van der Waals surface area (Å²) < 4.78 is 9.91. The fourth-order valence-corrected chi connectivity index (χ4v) is 3.07. The zero-order valence-corrected chi connectivity index (χ0v) is 15.1. The molecule has 0 N–H and O–H groups in total. The van der Waals surface area contributed by atoms with Crippen LogP contribution in [0.15, 0.2) is 72.8 Å². The molecule has 0 amide bonds. The van der Waals surface area contributed by atoms with Crippen molar-refractivity contribution in [3.8, 4) is 35.1 Å². The monoisotopic (exact) mass is 354 g/mol. The molecule has 0 radical (unpaired) electrons. The van der Waals surface area contributed by atoms with E-state index in [2.05, 4.69) is 26.0 Å². The number of hydrogen-bond acceptors (Lipinski definition) is 4. The number of nitriles is 2. The molecule has 3 aromatic rings. The molecule has 3 aromatic carbocycles. The summed E-state index contributed by atoms with van der Waals surface area (Å²) in [5.41, 5.74) is 3.92. The summed E-state index contributed by atoms with van der Waals surface area (Å²) in [4.78, 5) is 0. The van der Waals surface area contributed by atoms with Gasteiger partial charge in [-0.25, -0.2) is 0 Å². The van der Waals surface area contributed by atoms with Crippen LogP contribution in [0, 0.1) is 23.0 Å². The molecule has 4 nitrogen and oxygen atoms in total. The minimum atomic E-state index is -0.216. The Bertz CT molecular complexity index is 1010. The second kappa shape index (κ2) is 7.64. The molecular formula is C23H18N2O2. The molecule has 27 heavy (non-hydrogen) atoms. The van der Waals surface area contributed by atoms with Crippen molar-refractivity contribution in [3.63, 3.8) is 0 Å². The van der Waals surface area contributed by atoms with Gasteiger partial charge in [-0.1, -0.05) is 68.4 Å². The van der Waals surface area contributed by atoms with E-state index >= 15 is 0 Å². The summed E-state index contributed by atoms with van der Waals surface area (Å²) in [5, 5.41) is 17.4. The van der Waals surface area contributed by atoms with Crippen molar-refractivity contribution in [1.29, 1.82) is 10.5 Å². The molecule has 0 aliphatic carbocycles. The number of hydrogen-bond donors (Lipinski definition) is 0. The Morgan fingerprint density at radius 2 is 1.26 bits per heavy atom. The van der Waals surface area contributed by atoms with Gasteiger partial charge < -0.3 is 9.47 Å². The van der Waals surface area contributed by atoms with Crippen LogP contribution in [0.1, 0.15) is 25.0 Å². The first-order valence-electron chi connectivity index (χ1n) is 8.48. The van der Waals surface area contributed by atoms with Crippen LogP contribution in [0.25, 0.3) is 11.1 Å². The van der Waals surface area contributed by atoms with Crippen molar-refractivity contribution < 1.29 is 9.47 Å². The molecule has 0 heterocycles. The lowest BCUT2D eigenvalue weighted by Gasteiger charge is -2.26. The standard InChI is InChI=1S/C23H18N2O2/c1-23(2,19-11-13-20(14-12-19)26-15-24)18-9-7-17(8-10-18)21-5-3-4-6-22(21)27-16-25/h3-14H,1-2H3. The molecule has 0 aliphatic heterocycles. The van der Waals surface area contributed by atoms with Crippen LogP contribution >= 0.6 is 0 Å². The predicted molar refractivity (Wildman–Crippen MR) is 103 cm³/mol. The van der Waals surface area contributed by atoms with Crippen LogP contribution in [0.5, 0.6) is 11.5 Å². The van der Waals surface area contributed by atoms with E-state index < -0.39 is 0 Å². The zero-order chi connectivity index (χ0) is 19.3. The SMILES string of the molecule is CC(C)(c1ccc(OC#N)cc1)c1ccc(-c2ccccc2OC#N)cc1. The molecular weight excluding hydrogens is 336 g/mol. The maximum Gasteiger partial charge on any atom is 0.292 e. The second-order valence-corrected chi connectivity index (χ2v) is 6.61. The van der Waals surface area contributed by atoms with E-state index in [1.165, 1.54) is 0 Å². The van der Waals surface area contributed by atoms with Gasteiger partial charge in [-0.15, -0.1) is 10.5 Å². The highest BCUT2D eigenvalue weighted by Crippen LogP contribution is 2.35. The summed E-state index contributed by atoms with van der Waals surface area (Å²) in [7, 11) is 0. The second-order valence-electron chi connectivity index (χ2n) is 6.61. The Balaban J connectivity index is 1.91. The smallest absolute Gasteiger partial charge is 0.292 e. The molecule has 3 rings (SSSR count). The van der Waals surface area contributed by atoms with Gasteiger partial charge in [0, 0.05) is 11.0 Å². The predicted octanol–water partition coefficient (Wildman–Crippen LogP) is 5.40. The Labute approximate surface area is 158 Å². The number of para-hydroxylation sites is 1. The fraction of sp³-hybridized carbons (Fsp3) is 0.130. The van der Waals surface area contributed by atoms with Gasteiger partial charge >= 0.3 is 0 Å². The van der Waals surface area contributed by atoms with E-state index in [0.717, 1.165) is 22.3 Å². The Kier molecular flexibility index (Phi) is 5.11. The molecule has 0 aromatic heterocycles. The van der Waals surface area contributed by atoms with Gasteiger partial charge in [0.25, 0.3) is 12.5 Å². The maximum absolute atomic E-state index is 8.82. The molecule has 132 valence electrons. The minimum Gasteiger partial charge on any atom is -0.388 e. The summed E-state index contributed by atoms with van der Waals surface area (Å²) >= 11 is 0. The molecule has 4 heteroatoms. The molecule has 0 fully saturated rings. The van der Waals surface area contributed by atoms with Crippen LogP contribution in [-0.4, -0.2) is 0 Å². The average molecular weight is 354 g/mol. The summed E-state index contributed by atoms with van der Waals surface area (Å²) in [6.45, 7) is 4.30. The first-order chi connectivity index (χ1) is 13.1. The van der Waals surface area contributed by atoms with Crippen molar-refractivity contribution in [2.24, 2.45) is 0 Å². The third-order valence-electron chi connectivity index (χ3n) is 4.70. The van der Waals surface area contributed by atoms with Crippen molar-refractivity contribution >= 4 is 0 Å². The molecule has 0 saturated heterocycles. The molecule has 0 atom stereocenters. The summed E-state index contributed by atoms with van der Waals surface area (Å²) in [6.07, 6.45) is 3.41. The number of rotatable bonds is 5. The lowest BCUT2D eigenvalue weighted by molar-refractivity contribution is 0.506. The highest BCUT2D eigenvalue weighted by Gasteiger charge is 2.23. The van der Waals surface area contributed by atoms with Gasteiger partial charge in [0.1, 0.15) is 11.5 Å². The van der Waals surface area contributed by atoms with Crippen molar-refractivity contribution in [2.45, 2.75) is 19.3 Å². The Hall–Kier alpha value is -3.76. The highest BCUT2D eigenvalue weighted by molar-refractivity contribution is 5.71. The first-order valence-corrected chi connectivity index (χ1v) is 8.48. The van der Waals surface area contributed by atoms with Gasteiger partial charge in [-0.2, -0.15) is 0 Å². The van der Waals surface area contributed by atoms with Gasteiger partial charge in [-0.05, 0) is 34.9 Å². The van der Waals surface area contributed by atoms with Gasteiger partial charge in [0.2, 0.25) is 0 Å². The van der Waals surface area contributed by atoms with E-state index in [-0.39, 0.29) is 5.41 Å². The van der Waals surface area contributed by atoms with Gasteiger partial charge in [0.05, 0.1) is 0 Å². The molecule has 0 unspecified atom stereocenters. The first kappa shape index (κ1) is 18.0. The zero-order valence-electron chi connectivity index (χ0n) is 15.1. The Morgan fingerprint density at radius 3 is 1.85 bits per heavy atom. The van der Waals surface area contributed by atoms with E-state index in [0.29, 0.717) is 11.5 Å². The van der Waals surface area contributed by atoms with Crippen LogP contribution in [0.4, 0.5) is 0 Å². The van der Waals surface area contributed by atoms with Gasteiger partial charge in [-0.3, -0.25) is 0 Å². The third kappa shape index (κ3) is 3.76. The summed E-state index contributed by atoms with van der Waals surface area (Å²) in [5.74, 6) is 1.07. The molecule has 0 saturated carbocycles. The normalized spacial score (nSPS) is 10.5. The van der Waals surface area contributed by atoms with E-state index in [9.17, 15) is 0 Å². The van der Waals surface area contributed by atoms with Crippen LogP contribution in [0.2, 0.25) is 0 Å². The lowest BCUT2D eigenvalue weighted by atomic mass is 9.78. The largest absolute Gasteiger partial charge is 0.388 e. The molecule has 0 bridgehead atoms. The van der Waals surface area contributed by atoms with Crippen molar-refractivity contribution in [3.05, 3.63) is 83.9 Å². The summed E-state index contributed by atoms with van der Waals surface area (Å²) in [6, 6.07) is 23.2. The van der Waals surface area contributed by atoms with Crippen LogP contribution in [0.3, 0.4) is 0 Å². The van der Waals surface area contributed by atoms with Crippen LogP contribution in [-0.2, 0) is 5.41 Å². The maximum atomic E-state index is 8.82. The Morgan fingerprint density at radius 1 is 0.704 bits per heavy atom. The van der Waals surface area contributed by atoms with Crippen LogP contribution < -0.4 is 9.47 Å². The molecule has 0 aliphatic rings. The van der Waals surface area contributed by atoms with E-state index in [4.69, 9.17) is 20.0 Å². The van der Waals surface area contributed by atoms with E-state index in [1.807, 2.05) is 42.5 Å². The van der Waals surface area contributed by atoms with E-state index in [1.54, 1.807) is 30.7 Å². The topological polar surface area (TPSA) is 66.0 Å².